The third-order valence-electron chi connectivity index (χ3n) is 3.04. The Bertz CT molecular complexity index is 531. The molecule has 19 heavy (non-hydrogen) atoms. The van der Waals surface area contributed by atoms with Gasteiger partial charge < -0.3 is 10.0 Å². The molecular weight excluding hydrogens is 260 g/mol. The molecule has 0 fully saturated rings. The first-order chi connectivity index (χ1) is 9.20. The van der Waals surface area contributed by atoms with E-state index in [-0.39, 0.29) is 6.61 Å². The number of hydrogen-bond donors (Lipinski definition) is 1. The first-order valence-electron chi connectivity index (χ1n) is 6.21. The van der Waals surface area contributed by atoms with E-state index < -0.39 is 0 Å². The molecule has 0 radical (unpaired) electrons. The fourth-order valence-corrected chi connectivity index (χ4v) is 2.25. The van der Waals surface area contributed by atoms with Gasteiger partial charge >= 0.3 is 0 Å². The van der Waals surface area contributed by atoms with E-state index in [0.29, 0.717) is 5.02 Å². The van der Waals surface area contributed by atoms with Crippen molar-refractivity contribution in [3.8, 4) is 0 Å². The van der Waals surface area contributed by atoms with Crippen LogP contribution in [-0.2, 0) is 13.0 Å². The highest BCUT2D eigenvalue weighted by atomic mass is 35.5. The number of aliphatic hydroxyl groups is 1. The van der Waals surface area contributed by atoms with Gasteiger partial charge in [-0.2, -0.15) is 0 Å². The zero-order valence-electron chi connectivity index (χ0n) is 10.9. The summed E-state index contributed by atoms with van der Waals surface area (Å²) in [5, 5.41) is 9.73. The van der Waals surface area contributed by atoms with Crippen molar-refractivity contribution >= 4 is 17.3 Å². The number of halogens is 1. The Hall–Kier alpha value is -1.58. The molecule has 0 bridgehead atoms. The Morgan fingerprint density at radius 1 is 1.26 bits per heavy atom. The van der Waals surface area contributed by atoms with Crippen molar-refractivity contribution in [1.29, 1.82) is 0 Å². The summed E-state index contributed by atoms with van der Waals surface area (Å²) in [6.45, 7) is 0.854. The van der Waals surface area contributed by atoms with Gasteiger partial charge in [0, 0.05) is 31.9 Å². The Morgan fingerprint density at radius 3 is 2.74 bits per heavy atom. The number of rotatable bonds is 5. The summed E-state index contributed by atoms with van der Waals surface area (Å²) in [4.78, 5) is 6.40. The molecule has 0 atom stereocenters. The van der Waals surface area contributed by atoms with Crippen LogP contribution in [-0.4, -0.2) is 23.7 Å². The number of hydrogen-bond acceptors (Lipinski definition) is 3. The fraction of sp³-hybridized carbons (Fsp3) is 0.267. The van der Waals surface area contributed by atoms with Crippen LogP contribution in [0, 0.1) is 0 Å². The van der Waals surface area contributed by atoms with Crippen molar-refractivity contribution in [2.45, 2.75) is 13.0 Å². The number of anilines is 1. The molecule has 0 aliphatic heterocycles. The van der Waals surface area contributed by atoms with Crippen molar-refractivity contribution in [3.05, 3.63) is 58.9 Å². The average molecular weight is 277 g/mol. The van der Waals surface area contributed by atoms with Crippen LogP contribution in [0.1, 0.15) is 11.3 Å². The van der Waals surface area contributed by atoms with Crippen LogP contribution in [0.4, 0.5) is 5.69 Å². The molecule has 0 unspecified atom stereocenters. The molecule has 0 spiro atoms. The highest BCUT2D eigenvalue weighted by molar-refractivity contribution is 6.33. The lowest BCUT2D eigenvalue weighted by Gasteiger charge is -2.20. The van der Waals surface area contributed by atoms with E-state index in [1.807, 2.05) is 37.4 Å². The van der Waals surface area contributed by atoms with E-state index in [4.69, 9.17) is 16.7 Å². The van der Waals surface area contributed by atoms with Gasteiger partial charge in [0.15, 0.2) is 0 Å². The van der Waals surface area contributed by atoms with Crippen LogP contribution in [0.2, 0.25) is 5.02 Å². The van der Waals surface area contributed by atoms with Gasteiger partial charge in [-0.15, -0.1) is 0 Å². The van der Waals surface area contributed by atoms with Crippen molar-refractivity contribution in [2.24, 2.45) is 0 Å². The van der Waals surface area contributed by atoms with E-state index in [1.165, 1.54) is 0 Å². The third kappa shape index (κ3) is 3.69. The minimum Gasteiger partial charge on any atom is -0.392 e. The van der Waals surface area contributed by atoms with Crippen molar-refractivity contribution in [1.82, 2.24) is 4.98 Å². The minimum absolute atomic E-state index is 0.0116. The van der Waals surface area contributed by atoms with Gasteiger partial charge in [0.2, 0.25) is 0 Å². The third-order valence-corrected chi connectivity index (χ3v) is 3.34. The predicted octanol–water partition coefficient (Wildman–Crippen LogP) is 2.91. The van der Waals surface area contributed by atoms with E-state index >= 15 is 0 Å². The molecule has 2 rings (SSSR count). The molecule has 0 saturated heterocycles. The summed E-state index contributed by atoms with van der Waals surface area (Å²) in [5.74, 6) is 0. The van der Waals surface area contributed by atoms with Crippen LogP contribution in [0.15, 0.2) is 42.6 Å². The Kier molecular flexibility index (Phi) is 4.77. The molecule has 1 aromatic heterocycles. The summed E-state index contributed by atoms with van der Waals surface area (Å²) < 4.78 is 0. The Labute approximate surface area is 118 Å². The molecule has 1 aromatic carbocycles. The van der Waals surface area contributed by atoms with Gasteiger partial charge in [-0.25, -0.2) is 0 Å². The molecule has 0 aliphatic rings. The highest BCUT2D eigenvalue weighted by Crippen LogP contribution is 2.26. The maximum Gasteiger partial charge on any atom is 0.0682 e. The van der Waals surface area contributed by atoms with Crippen LogP contribution in [0.25, 0.3) is 0 Å². The quantitative estimate of drug-likeness (QED) is 0.912. The lowest BCUT2D eigenvalue weighted by molar-refractivity contribution is 0.282. The first kappa shape index (κ1) is 13.8. The molecule has 0 saturated carbocycles. The summed E-state index contributed by atoms with van der Waals surface area (Å²) in [6.07, 6.45) is 2.67. The summed E-state index contributed by atoms with van der Waals surface area (Å²) in [6, 6.07) is 11.5. The number of aliphatic hydroxyl groups excluding tert-OH is 1. The molecule has 1 N–H and O–H groups in total. The van der Waals surface area contributed by atoms with Gasteiger partial charge in [0.25, 0.3) is 0 Å². The normalized spacial score (nSPS) is 10.5. The lowest BCUT2D eigenvalue weighted by atomic mass is 10.2. The number of pyridine rings is 1. The van der Waals surface area contributed by atoms with Crippen LogP contribution in [0.5, 0.6) is 0 Å². The summed E-state index contributed by atoms with van der Waals surface area (Å²) in [5.41, 5.74) is 2.86. The van der Waals surface area contributed by atoms with Crippen LogP contribution in [0.3, 0.4) is 0 Å². The van der Waals surface area contributed by atoms with Gasteiger partial charge in [0.1, 0.15) is 0 Å². The molecule has 0 aliphatic carbocycles. The second-order valence-electron chi connectivity index (χ2n) is 4.44. The van der Waals surface area contributed by atoms with Gasteiger partial charge in [-0.05, 0) is 29.8 Å². The molecule has 100 valence electrons. The SMILES string of the molecule is CN(CCc1ccccn1)c1ccc(CO)cc1Cl. The van der Waals surface area contributed by atoms with Crippen molar-refractivity contribution in [3.63, 3.8) is 0 Å². The topological polar surface area (TPSA) is 36.4 Å². The molecule has 1 heterocycles. The zero-order chi connectivity index (χ0) is 13.7. The second kappa shape index (κ2) is 6.55. The lowest BCUT2D eigenvalue weighted by Crippen LogP contribution is -2.21. The molecule has 4 heteroatoms. The molecular formula is C15H17ClN2O. The standard InChI is InChI=1S/C15H17ClN2O/c1-18(9-7-13-4-2-3-8-17-13)15-6-5-12(11-19)10-14(15)16/h2-6,8,10,19H,7,9,11H2,1H3. The zero-order valence-corrected chi connectivity index (χ0v) is 11.6. The Morgan fingerprint density at radius 2 is 2.11 bits per heavy atom. The largest absolute Gasteiger partial charge is 0.392 e. The molecule has 2 aromatic rings. The van der Waals surface area contributed by atoms with Crippen molar-refractivity contribution in [2.75, 3.05) is 18.5 Å². The van der Waals surface area contributed by atoms with E-state index in [9.17, 15) is 0 Å². The maximum absolute atomic E-state index is 9.06. The average Bonchev–Trinajstić information content (AvgIpc) is 2.45. The van der Waals surface area contributed by atoms with Crippen LogP contribution >= 0.6 is 11.6 Å². The number of likely N-dealkylation sites (N-methyl/N-ethyl adjacent to an activating group) is 1. The fourth-order valence-electron chi connectivity index (χ4n) is 1.91. The van der Waals surface area contributed by atoms with E-state index in [1.54, 1.807) is 12.3 Å². The monoisotopic (exact) mass is 276 g/mol. The van der Waals surface area contributed by atoms with E-state index in [2.05, 4.69) is 9.88 Å². The number of nitrogens with zero attached hydrogens (tertiary/aromatic N) is 2. The summed E-state index contributed by atoms with van der Waals surface area (Å²) >= 11 is 6.22. The number of benzene rings is 1. The van der Waals surface area contributed by atoms with Gasteiger partial charge in [-0.1, -0.05) is 23.7 Å². The highest BCUT2D eigenvalue weighted by Gasteiger charge is 2.07. The molecule has 0 amide bonds. The smallest absolute Gasteiger partial charge is 0.0682 e. The Balaban J connectivity index is 2.02. The number of aromatic nitrogens is 1. The van der Waals surface area contributed by atoms with E-state index in [0.717, 1.165) is 29.9 Å². The van der Waals surface area contributed by atoms with Crippen LogP contribution < -0.4 is 4.90 Å². The molecule has 3 nitrogen and oxygen atoms in total. The summed E-state index contributed by atoms with van der Waals surface area (Å²) in [7, 11) is 2.00. The van der Waals surface area contributed by atoms with Crippen molar-refractivity contribution < 1.29 is 5.11 Å². The second-order valence-corrected chi connectivity index (χ2v) is 4.84. The van der Waals surface area contributed by atoms with Gasteiger partial charge in [-0.3, -0.25) is 4.98 Å². The first-order valence-corrected chi connectivity index (χ1v) is 6.59. The van der Waals surface area contributed by atoms with Gasteiger partial charge in [0.05, 0.1) is 17.3 Å². The predicted molar refractivity (Wildman–Crippen MR) is 78.6 cm³/mol. The maximum atomic E-state index is 9.06. The minimum atomic E-state index is 0.0116.